The number of alkyl halides is 3. The molecule has 4 aromatic rings. The molecule has 1 unspecified atom stereocenters. The Bertz CT molecular complexity index is 1500. The van der Waals surface area contributed by atoms with Gasteiger partial charge >= 0.3 is 6.30 Å². The van der Waals surface area contributed by atoms with Gasteiger partial charge in [-0.15, -0.1) is 11.3 Å². The predicted octanol–water partition coefficient (Wildman–Crippen LogP) is 6.11. The number of likely N-dealkylation sites (tertiary alicyclic amines) is 1. The second-order valence-corrected chi connectivity index (χ2v) is 10.6. The molecular formula is C28H25F3N4O2S. The number of nitrogens with two attached hydrogens (primary N) is 1. The number of hydrogen-bond donors (Lipinski definition) is 1. The van der Waals surface area contributed by atoms with E-state index >= 15 is 0 Å². The summed E-state index contributed by atoms with van der Waals surface area (Å²) in [5.41, 5.74) is 7.30. The van der Waals surface area contributed by atoms with Crippen LogP contribution in [0.4, 0.5) is 13.2 Å². The molecule has 0 spiro atoms. The van der Waals surface area contributed by atoms with E-state index in [0.29, 0.717) is 44.1 Å². The van der Waals surface area contributed by atoms with E-state index < -0.39 is 30.0 Å². The second kappa shape index (κ2) is 10.3. The maximum atomic E-state index is 14.3. The molecule has 0 radical (unpaired) electrons. The van der Waals surface area contributed by atoms with Gasteiger partial charge in [0.15, 0.2) is 5.78 Å². The molecule has 196 valence electrons. The van der Waals surface area contributed by atoms with Gasteiger partial charge in [-0.25, -0.2) is 9.88 Å². The van der Waals surface area contributed by atoms with E-state index in [1.807, 2.05) is 30.3 Å². The summed E-state index contributed by atoms with van der Waals surface area (Å²) >= 11 is 1.33. The molecule has 1 aliphatic heterocycles. The highest BCUT2D eigenvalue weighted by atomic mass is 32.1. The molecule has 2 N–H and O–H groups in total. The Hall–Kier alpha value is -3.63. The van der Waals surface area contributed by atoms with Crippen LogP contribution >= 0.6 is 11.3 Å². The molecule has 0 aliphatic carbocycles. The van der Waals surface area contributed by atoms with Crippen LogP contribution in [0.3, 0.4) is 0 Å². The number of hydrogen-bond acceptors (Lipinski definition) is 6. The number of nitrogens with zero attached hydrogens (tertiary/aromatic N) is 3. The fourth-order valence-electron chi connectivity index (χ4n) is 5.24. The molecular weight excluding hydrogens is 513 g/mol. The number of halogens is 3. The summed E-state index contributed by atoms with van der Waals surface area (Å²) < 4.78 is 42.6. The number of rotatable bonds is 6. The van der Waals surface area contributed by atoms with Gasteiger partial charge in [0.25, 0.3) is 5.91 Å². The zero-order valence-electron chi connectivity index (χ0n) is 20.5. The summed E-state index contributed by atoms with van der Waals surface area (Å²) in [5.74, 6) is -2.32. The summed E-state index contributed by atoms with van der Waals surface area (Å²) in [4.78, 5) is 36.2. The Morgan fingerprint density at radius 2 is 1.87 bits per heavy atom. The lowest BCUT2D eigenvalue weighted by Crippen LogP contribution is -2.52. The third-order valence-electron chi connectivity index (χ3n) is 6.90. The van der Waals surface area contributed by atoms with Crippen LogP contribution in [0.25, 0.3) is 21.3 Å². The minimum Gasteiger partial charge on any atom is -0.366 e. The van der Waals surface area contributed by atoms with Gasteiger partial charge in [0.05, 0.1) is 26.9 Å². The smallest absolute Gasteiger partial charge is 0.366 e. The van der Waals surface area contributed by atoms with Crippen LogP contribution < -0.4 is 5.73 Å². The number of pyridine rings is 1. The topological polar surface area (TPSA) is 89.2 Å². The van der Waals surface area contributed by atoms with Crippen molar-refractivity contribution in [2.75, 3.05) is 6.54 Å². The number of Topliss-reactive ketones (excluding diaryl/α,β-unsaturated/α-hetero) is 1. The number of carbonyl (C=O) groups excluding carboxylic acids is 2. The van der Waals surface area contributed by atoms with E-state index in [0.717, 1.165) is 5.56 Å². The van der Waals surface area contributed by atoms with Crippen molar-refractivity contribution in [3.63, 3.8) is 0 Å². The molecule has 2 aromatic heterocycles. The monoisotopic (exact) mass is 538 g/mol. The zero-order chi connectivity index (χ0) is 27.0. The third-order valence-corrected chi connectivity index (χ3v) is 7.92. The fraction of sp³-hybridized carbons (Fsp3) is 0.286. The average molecular weight is 539 g/mol. The third kappa shape index (κ3) is 4.93. The molecule has 1 aliphatic rings. The summed E-state index contributed by atoms with van der Waals surface area (Å²) in [6, 6.07) is 14.6. The average Bonchev–Trinajstić information content (AvgIpc) is 3.30. The van der Waals surface area contributed by atoms with Crippen LogP contribution in [-0.2, 0) is 0 Å². The first-order valence-corrected chi connectivity index (χ1v) is 13.1. The highest BCUT2D eigenvalue weighted by Gasteiger charge is 2.48. The maximum absolute atomic E-state index is 14.3. The lowest BCUT2D eigenvalue weighted by atomic mass is 9.81. The first-order chi connectivity index (χ1) is 18.1. The van der Waals surface area contributed by atoms with Crippen molar-refractivity contribution >= 4 is 33.9 Å². The Morgan fingerprint density at radius 1 is 1.11 bits per heavy atom. The quantitative estimate of drug-likeness (QED) is 0.237. The normalized spacial score (nSPS) is 17.4. The van der Waals surface area contributed by atoms with Gasteiger partial charge in [-0.3, -0.25) is 14.6 Å². The summed E-state index contributed by atoms with van der Waals surface area (Å²) in [7, 11) is 0. The van der Waals surface area contributed by atoms with Crippen molar-refractivity contribution < 1.29 is 22.8 Å². The number of fused-ring (bicyclic) bond motifs is 1. The minimum atomic E-state index is -4.60. The van der Waals surface area contributed by atoms with Crippen molar-refractivity contribution in [1.29, 1.82) is 0 Å². The predicted molar refractivity (Wildman–Crippen MR) is 140 cm³/mol. The lowest BCUT2D eigenvalue weighted by Gasteiger charge is -2.40. The zero-order valence-corrected chi connectivity index (χ0v) is 21.4. The van der Waals surface area contributed by atoms with Crippen LogP contribution in [-0.4, -0.2) is 45.4 Å². The first kappa shape index (κ1) is 26.0. The molecule has 0 bridgehead atoms. The van der Waals surface area contributed by atoms with Crippen LogP contribution in [0.5, 0.6) is 0 Å². The molecule has 1 fully saturated rings. The standard InChI is InChI=1S/C28H25F3N4O2S/c1-16-34-24(26(38-16)17-8-3-2-4-9-17)25(36)22(21-12-5-6-13-35(21)28(29,30)31)19-14-18-10-7-11-20(27(32)37)23(18)33-15-19/h2-4,7-11,14-15,21-22H,5-6,12-13H2,1H3,(H2,32,37)/t21-,22?/m1/s1. The number of thiazole rings is 1. The van der Waals surface area contributed by atoms with E-state index in [1.165, 1.54) is 23.6 Å². The van der Waals surface area contributed by atoms with Gasteiger partial charge in [-0.05, 0) is 43.0 Å². The molecule has 0 saturated carbocycles. The van der Waals surface area contributed by atoms with Crippen LogP contribution in [0, 0.1) is 6.92 Å². The van der Waals surface area contributed by atoms with Gasteiger partial charge in [0.1, 0.15) is 5.69 Å². The van der Waals surface area contributed by atoms with Gasteiger partial charge in [-0.2, -0.15) is 13.2 Å². The maximum Gasteiger partial charge on any atom is 0.460 e. The Kier molecular flexibility index (Phi) is 7.02. The number of carbonyl (C=O) groups is 2. The van der Waals surface area contributed by atoms with Crippen LogP contribution in [0.1, 0.15) is 56.6 Å². The van der Waals surface area contributed by atoms with Crippen LogP contribution in [0.2, 0.25) is 0 Å². The number of aromatic nitrogens is 2. The minimum absolute atomic E-state index is 0.155. The lowest BCUT2D eigenvalue weighted by molar-refractivity contribution is -0.264. The van der Waals surface area contributed by atoms with Crippen LogP contribution in [0.15, 0.2) is 60.8 Å². The number of para-hydroxylation sites is 1. The molecule has 1 saturated heterocycles. The summed E-state index contributed by atoms with van der Waals surface area (Å²) in [6.07, 6.45) is -2.07. The number of aryl methyl sites for hydroxylation is 1. The SMILES string of the molecule is Cc1nc(C(=O)C(c2cnc3c(C(N)=O)cccc3c2)[C@H]2CCCCN2C(F)(F)F)c(-c2ccccc2)s1. The fourth-order valence-corrected chi connectivity index (χ4v) is 6.17. The molecule has 38 heavy (non-hydrogen) atoms. The number of amides is 1. The van der Waals surface area contributed by atoms with E-state index in [4.69, 9.17) is 5.73 Å². The van der Waals surface area contributed by atoms with E-state index in [1.54, 1.807) is 25.1 Å². The Morgan fingerprint density at radius 3 is 2.58 bits per heavy atom. The van der Waals surface area contributed by atoms with Crippen molar-refractivity contribution in [2.45, 2.75) is 44.4 Å². The van der Waals surface area contributed by atoms with Crippen molar-refractivity contribution in [3.8, 4) is 10.4 Å². The first-order valence-electron chi connectivity index (χ1n) is 12.2. The molecule has 10 heteroatoms. The largest absolute Gasteiger partial charge is 0.460 e. The second-order valence-electron chi connectivity index (χ2n) is 9.35. The molecule has 3 heterocycles. The van der Waals surface area contributed by atoms with Crippen molar-refractivity contribution in [2.24, 2.45) is 5.73 Å². The number of piperidine rings is 1. The molecule has 5 rings (SSSR count). The van der Waals surface area contributed by atoms with Crippen molar-refractivity contribution in [3.05, 3.63) is 82.6 Å². The Balaban J connectivity index is 1.68. The van der Waals surface area contributed by atoms with Gasteiger partial charge in [-0.1, -0.05) is 48.9 Å². The summed E-state index contributed by atoms with van der Waals surface area (Å²) in [6.45, 7) is 1.58. The van der Waals surface area contributed by atoms with Gasteiger partial charge in [0, 0.05) is 24.2 Å². The number of ketones is 1. The molecule has 2 aromatic carbocycles. The van der Waals surface area contributed by atoms with Gasteiger partial charge in [0.2, 0.25) is 0 Å². The number of benzene rings is 2. The summed E-state index contributed by atoms with van der Waals surface area (Å²) in [5, 5.41) is 1.16. The number of primary amides is 1. The van der Waals surface area contributed by atoms with Crippen molar-refractivity contribution in [1.82, 2.24) is 14.9 Å². The highest BCUT2D eigenvalue weighted by molar-refractivity contribution is 7.15. The molecule has 1 amide bonds. The molecule has 6 nitrogen and oxygen atoms in total. The Labute approximate surface area is 221 Å². The highest BCUT2D eigenvalue weighted by Crippen LogP contribution is 2.41. The van der Waals surface area contributed by atoms with E-state index in [-0.39, 0.29) is 24.2 Å². The van der Waals surface area contributed by atoms with E-state index in [9.17, 15) is 22.8 Å². The van der Waals surface area contributed by atoms with Gasteiger partial charge < -0.3 is 5.73 Å². The van der Waals surface area contributed by atoms with E-state index in [2.05, 4.69) is 9.97 Å². The molecule has 2 atom stereocenters.